The van der Waals surface area contributed by atoms with Gasteiger partial charge in [0.1, 0.15) is 0 Å². The molecule has 2 amide bonds. The van der Waals surface area contributed by atoms with Crippen molar-refractivity contribution < 1.29 is 19.1 Å². The highest BCUT2D eigenvalue weighted by molar-refractivity contribution is 6.24. The van der Waals surface area contributed by atoms with Crippen LogP contribution in [0.2, 0.25) is 0 Å². The van der Waals surface area contributed by atoms with Crippen LogP contribution in [-0.4, -0.2) is 43.2 Å². The van der Waals surface area contributed by atoms with Crippen molar-refractivity contribution >= 4 is 17.5 Å². The number of rotatable bonds is 3. The highest BCUT2D eigenvalue weighted by Crippen LogP contribution is 2.48. The average molecular weight is 398 g/mol. The smallest absolute Gasteiger partial charge is 0.332 e. The third-order valence-electron chi connectivity index (χ3n) is 6.10. The Morgan fingerprint density at radius 1 is 1.21 bits per heavy atom. The summed E-state index contributed by atoms with van der Waals surface area (Å²) in [6.45, 7) is 2.86. The molecule has 8 heteroatoms. The number of allylic oxidation sites excluding steroid dienone is 2. The standard InChI is InChI=1S/C21H26N4O4/c1-11-19(23-24-21(22)27)18-14(5-4-6-15(18)26)25-8-7-12-9-16(28-2)17(29-3)10-13(12)20(11)25/h9-11,20H,4-8H2,1-3H3,(H3,22,24,27). The lowest BCUT2D eigenvalue weighted by atomic mass is 9.74. The monoisotopic (exact) mass is 398 g/mol. The maximum atomic E-state index is 12.8. The number of Topliss-reactive ketones (excluding diaryl/α,β-unsaturated/α-hetero) is 1. The third kappa shape index (κ3) is 3.12. The second-order valence-corrected chi connectivity index (χ2v) is 7.65. The Labute approximate surface area is 169 Å². The first kappa shape index (κ1) is 19.3. The summed E-state index contributed by atoms with van der Waals surface area (Å²) in [5, 5.41) is 4.27. The van der Waals surface area contributed by atoms with Crippen LogP contribution in [0.15, 0.2) is 28.5 Å². The molecule has 3 N–H and O–H groups in total. The van der Waals surface area contributed by atoms with Crippen LogP contribution in [0.1, 0.15) is 43.4 Å². The summed E-state index contributed by atoms with van der Waals surface area (Å²) in [4.78, 5) is 26.4. The largest absolute Gasteiger partial charge is 0.493 e. The van der Waals surface area contributed by atoms with Crippen LogP contribution in [0.25, 0.3) is 0 Å². The average Bonchev–Trinajstić information content (AvgIpc) is 2.72. The zero-order valence-electron chi connectivity index (χ0n) is 16.9. The Morgan fingerprint density at radius 2 is 1.93 bits per heavy atom. The van der Waals surface area contributed by atoms with E-state index in [0.717, 1.165) is 37.1 Å². The number of ketones is 1. The van der Waals surface area contributed by atoms with Crippen molar-refractivity contribution in [2.45, 2.75) is 38.6 Å². The molecule has 0 saturated carbocycles. The van der Waals surface area contributed by atoms with Crippen molar-refractivity contribution in [3.05, 3.63) is 34.5 Å². The maximum absolute atomic E-state index is 12.8. The summed E-state index contributed by atoms with van der Waals surface area (Å²) in [5.74, 6) is 1.35. The number of nitrogens with zero attached hydrogens (tertiary/aromatic N) is 2. The lowest BCUT2D eigenvalue weighted by molar-refractivity contribution is -0.116. The molecule has 1 aromatic rings. The van der Waals surface area contributed by atoms with Gasteiger partial charge in [0.2, 0.25) is 0 Å². The van der Waals surface area contributed by atoms with Gasteiger partial charge in [-0.2, -0.15) is 5.10 Å². The van der Waals surface area contributed by atoms with E-state index < -0.39 is 6.03 Å². The summed E-state index contributed by atoms with van der Waals surface area (Å²) < 4.78 is 11.0. The van der Waals surface area contributed by atoms with E-state index >= 15 is 0 Å². The fourth-order valence-corrected chi connectivity index (χ4v) is 4.87. The van der Waals surface area contributed by atoms with Gasteiger partial charge in [0.15, 0.2) is 17.3 Å². The number of fused-ring (bicyclic) bond motifs is 4. The molecule has 1 aliphatic carbocycles. The molecule has 8 nitrogen and oxygen atoms in total. The summed E-state index contributed by atoms with van der Waals surface area (Å²) in [6.07, 6.45) is 3.00. The Morgan fingerprint density at radius 3 is 2.62 bits per heavy atom. The van der Waals surface area contributed by atoms with Crippen molar-refractivity contribution in [2.24, 2.45) is 16.8 Å². The van der Waals surface area contributed by atoms with E-state index in [1.54, 1.807) is 14.2 Å². The fraction of sp³-hybridized carbons (Fsp3) is 0.476. The molecule has 0 aromatic heterocycles. The molecular weight excluding hydrogens is 372 g/mol. The number of carbonyl (C=O) groups excluding carboxylic acids is 2. The lowest BCUT2D eigenvalue weighted by Crippen LogP contribution is -2.48. The topological polar surface area (TPSA) is 106 Å². The number of primary amides is 1. The third-order valence-corrected chi connectivity index (χ3v) is 6.10. The van der Waals surface area contributed by atoms with Gasteiger partial charge in [-0.15, -0.1) is 0 Å². The molecule has 0 radical (unpaired) electrons. The minimum absolute atomic E-state index is 0.00312. The van der Waals surface area contributed by atoms with Crippen molar-refractivity contribution in [2.75, 3.05) is 20.8 Å². The van der Waals surface area contributed by atoms with Crippen LogP contribution < -0.4 is 20.6 Å². The SMILES string of the molecule is COc1cc2c(cc1OC)C1C(C)C(=NNC(N)=O)C3=C(CCCC3=O)N1CC2. The van der Waals surface area contributed by atoms with Gasteiger partial charge in [-0.25, -0.2) is 10.2 Å². The molecule has 4 rings (SSSR count). The van der Waals surface area contributed by atoms with Crippen LogP contribution in [0.4, 0.5) is 4.79 Å². The van der Waals surface area contributed by atoms with Gasteiger partial charge in [0.05, 0.1) is 31.5 Å². The summed E-state index contributed by atoms with van der Waals surface area (Å²) in [7, 11) is 3.26. The molecule has 0 spiro atoms. The Bertz CT molecular complexity index is 937. The lowest BCUT2D eigenvalue weighted by Gasteiger charge is -2.48. The van der Waals surface area contributed by atoms with Gasteiger partial charge < -0.3 is 20.1 Å². The van der Waals surface area contributed by atoms with Crippen LogP contribution in [0.3, 0.4) is 0 Å². The molecule has 3 aliphatic rings. The molecule has 0 bridgehead atoms. The van der Waals surface area contributed by atoms with E-state index in [1.165, 1.54) is 5.56 Å². The van der Waals surface area contributed by atoms with Crippen LogP contribution in [0, 0.1) is 5.92 Å². The number of hydrogen-bond acceptors (Lipinski definition) is 6. The first-order chi connectivity index (χ1) is 14.0. The van der Waals surface area contributed by atoms with Gasteiger partial charge in [-0.1, -0.05) is 6.92 Å². The minimum atomic E-state index is -0.743. The quantitative estimate of drug-likeness (QED) is 0.760. The van der Waals surface area contributed by atoms with Gasteiger partial charge >= 0.3 is 6.03 Å². The molecule has 154 valence electrons. The number of carbonyl (C=O) groups is 2. The van der Waals surface area contributed by atoms with Crippen molar-refractivity contribution in [3.63, 3.8) is 0 Å². The fourth-order valence-electron chi connectivity index (χ4n) is 4.87. The van der Waals surface area contributed by atoms with Crippen molar-refractivity contribution in [1.29, 1.82) is 0 Å². The summed E-state index contributed by atoms with van der Waals surface area (Å²) in [5.41, 5.74) is 12.2. The van der Waals surface area contributed by atoms with Crippen LogP contribution in [0.5, 0.6) is 11.5 Å². The number of ether oxygens (including phenoxy) is 2. The minimum Gasteiger partial charge on any atom is -0.493 e. The molecular formula is C21H26N4O4. The normalized spacial score (nSPS) is 24.6. The summed E-state index contributed by atoms with van der Waals surface area (Å²) >= 11 is 0. The van der Waals surface area contributed by atoms with E-state index in [0.29, 0.717) is 29.2 Å². The molecule has 2 atom stereocenters. The molecule has 2 heterocycles. The number of hydrogen-bond donors (Lipinski definition) is 2. The first-order valence-corrected chi connectivity index (χ1v) is 9.87. The van der Waals surface area contributed by atoms with Crippen LogP contribution in [-0.2, 0) is 11.2 Å². The number of amides is 2. The highest BCUT2D eigenvalue weighted by Gasteiger charge is 2.44. The molecule has 1 aromatic carbocycles. The van der Waals surface area contributed by atoms with E-state index in [9.17, 15) is 9.59 Å². The van der Waals surface area contributed by atoms with Crippen molar-refractivity contribution in [1.82, 2.24) is 10.3 Å². The zero-order chi connectivity index (χ0) is 20.7. The van der Waals surface area contributed by atoms with Gasteiger partial charge in [0.25, 0.3) is 0 Å². The van der Waals surface area contributed by atoms with E-state index in [2.05, 4.69) is 15.4 Å². The highest BCUT2D eigenvalue weighted by atomic mass is 16.5. The van der Waals surface area contributed by atoms with Gasteiger partial charge in [-0.3, -0.25) is 4.79 Å². The molecule has 0 saturated heterocycles. The zero-order valence-corrected chi connectivity index (χ0v) is 16.9. The molecule has 29 heavy (non-hydrogen) atoms. The van der Waals surface area contributed by atoms with Gasteiger partial charge in [0, 0.05) is 24.6 Å². The predicted molar refractivity (Wildman–Crippen MR) is 108 cm³/mol. The Balaban J connectivity index is 1.88. The second-order valence-electron chi connectivity index (χ2n) is 7.65. The Kier molecular flexibility index (Phi) is 4.94. The first-order valence-electron chi connectivity index (χ1n) is 9.87. The van der Waals surface area contributed by atoms with E-state index in [1.807, 2.05) is 19.1 Å². The number of hydrazone groups is 1. The summed E-state index contributed by atoms with van der Waals surface area (Å²) in [6, 6.07) is 3.31. The number of benzene rings is 1. The molecule has 2 unspecified atom stereocenters. The number of nitrogens with one attached hydrogen (secondary N) is 1. The number of urea groups is 1. The van der Waals surface area contributed by atoms with E-state index in [-0.39, 0.29) is 17.7 Å². The molecule has 0 fully saturated rings. The molecule has 2 aliphatic heterocycles. The predicted octanol–water partition coefficient (Wildman–Crippen LogP) is 2.28. The second kappa shape index (κ2) is 7.42. The maximum Gasteiger partial charge on any atom is 0.332 e. The van der Waals surface area contributed by atoms with Crippen molar-refractivity contribution in [3.8, 4) is 11.5 Å². The van der Waals surface area contributed by atoms with Crippen LogP contribution >= 0.6 is 0 Å². The number of nitrogens with two attached hydrogens (primary N) is 1. The number of methoxy groups -OCH3 is 2. The van der Waals surface area contributed by atoms with E-state index in [4.69, 9.17) is 15.2 Å². The van der Waals surface area contributed by atoms with Gasteiger partial charge in [-0.05, 0) is 42.5 Å². The Hall–Kier alpha value is -3.03.